The van der Waals surface area contributed by atoms with E-state index in [0.717, 1.165) is 34.1 Å². The van der Waals surface area contributed by atoms with Crippen LogP contribution in [-0.2, 0) is 18.6 Å². The van der Waals surface area contributed by atoms with Crippen molar-refractivity contribution in [1.29, 1.82) is 0 Å². The Bertz CT molecular complexity index is 1570. The van der Waals surface area contributed by atoms with Crippen molar-refractivity contribution >= 4 is 29.3 Å². The summed E-state index contributed by atoms with van der Waals surface area (Å²) in [6.07, 6.45) is 1.48. The first kappa shape index (κ1) is 27.7. The van der Waals surface area contributed by atoms with Crippen molar-refractivity contribution in [3.05, 3.63) is 142 Å². The van der Waals surface area contributed by atoms with Crippen LogP contribution in [0.3, 0.4) is 0 Å². The number of thioether (sulfide) groups is 1. The van der Waals surface area contributed by atoms with Crippen molar-refractivity contribution in [2.75, 3.05) is 0 Å². The number of nitrogens with zero attached hydrogens (tertiary/aromatic N) is 3. The number of benzene rings is 4. The molecule has 5 aromatic rings. The van der Waals surface area contributed by atoms with Gasteiger partial charge in [0.2, 0.25) is 0 Å². The van der Waals surface area contributed by atoms with Gasteiger partial charge in [-0.05, 0) is 66.3 Å². The Morgan fingerprint density at radius 3 is 2.23 bits per heavy atom. The zero-order chi connectivity index (χ0) is 27.9. The Balaban J connectivity index is 1.56. The number of hydrogen-bond donors (Lipinski definition) is 1. The topological polar surface area (TPSA) is 59.8 Å². The molecular formula is C33H31ClN4OS. The molecule has 0 bridgehead atoms. The zero-order valence-electron chi connectivity index (χ0n) is 22.5. The second-order valence-electron chi connectivity index (χ2n) is 9.65. The molecule has 1 aromatic heterocycles. The van der Waals surface area contributed by atoms with Crippen LogP contribution >= 0.6 is 23.4 Å². The number of halogens is 1. The van der Waals surface area contributed by atoms with E-state index in [1.807, 2.05) is 90.4 Å². The Morgan fingerprint density at radius 1 is 0.875 bits per heavy atom. The second-order valence-corrected chi connectivity index (χ2v) is 11.0. The summed E-state index contributed by atoms with van der Waals surface area (Å²) in [7, 11) is 0. The smallest absolute Gasteiger partial charge is 0.251 e. The SMILES string of the molecule is CCc1ccc(C(=O)NC(Cc2ccccc2)c2nnc(SCc3ccccc3)n2-c2cc(Cl)ccc2C)cc1. The summed E-state index contributed by atoms with van der Waals surface area (Å²) in [5.74, 6) is 1.24. The van der Waals surface area contributed by atoms with Gasteiger partial charge in [0.25, 0.3) is 5.91 Å². The first-order valence-corrected chi connectivity index (χ1v) is 14.7. The quantitative estimate of drug-likeness (QED) is 0.175. The molecule has 0 aliphatic heterocycles. The molecule has 1 heterocycles. The molecule has 1 amide bonds. The van der Waals surface area contributed by atoms with Crippen molar-refractivity contribution in [3.8, 4) is 5.69 Å². The number of aryl methyl sites for hydroxylation is 2. The lowest BCUT2D eigenvalue weighted by atomic mass is 10.0. The van der Waals surface area contributed by atoms with Crippen LogP contribution < -0.4 is 5.32 Å². The molecule has 40 heavy (non-hydrogen) atoms. The number of amides is 1. The normalized spacial score (nSPS) is 11.8. The third kappa shape index (κ3) is 6.64. The van der Waals surface area contributed by atoms with E-state index < -0.39 is 6.04 Å². The maximum Gasteiger partial charge on any atom is 0.251 e. The Morgan fingerprint density at radius 2 is 1.55 bits per heavy atom. The summed E-state index contributed by atoms with van der Waals surface area (Å²) >= 11 is 8.09. The highest BCUT2D eigenvalue weighted by atomic mass is 35.5. The number of carbonyl (C=O) groups excluding carboxylic acids is 1. The summed E-state index contributed by atoms with van der Waals surface area (Å²) in [4.78, 5) is 13.5. The van der Waals surface area contributed by atoms with E-state index in [0.29, 0.717) is 22.8 Å². The van der Waals surface area contributed by atoms with Gasteiger partial charge in [-0.15, -0.1) is 10.2 Å². The van der Waals surface area contributed by atoms with Crippen LogP contribution in [0, 0.1) is 6.92 Å². The molecule has 0 saturated heterocycles. The molecule has 1 unspecified atom stereocenters. The van der Waals surface area contributed by atoms with Crippen LogP contribution in [0.5, 0.6) is 0 Å². The third-order valence-electron chi connectivity index (χ3n) is 6.81. The van der Waals surface area contributed by atoms with Gasteiger partial charge < -0.3 is 5.32 Å². The van der Waals surface area contributed by atoms with E-state index >= 15 is 0 Å². The molecule has 7 heteroatoms. The summed E-state index contributed by atoms with van der Waals surface area (Å²) < 4.78 is 2.04. The molecule has 1 atom stereocenters. The van der Waals surface area contributed by atoms with Crippen molar-refractivity contribution in [1.82, 2.24) is 20.1 Å². The molecule has 0 aliphatic rings. The van der Waals surface area contributed by atoms with Gasteiger partial charge in [0, 0.05) is 16.3 Å². The molecule has 1 N–H and O–H groups in total. The molecule has 202 valence electrons. The Labute approximate surface area is 244 Å². The Hall–Kier alpha value is -3.87. The van der Waals surface area contributed by atoms with Gasteiger partial charge in [-0.1, -0.05) is 109 Å². The predicted molar refractivity (Wildman–Crippen MR) is 163 cm³/mol. The zero-order valence-corrected chi connectivity index (χ0v) is 24.1. The van der Waals surface area contributed by atoms with Crippen LogP contribution in [-0.4, -0.2) is 20.7 Å². The Kier molecular flexibility index (Phi) is 8.99. The van der Waals surface area contributed by atoms with Crippen LogP contribution in [0.2, 0.25) is 5.02 Å². The average molecular weight is 567 g/mol. The van der Waals surface area contributed by atoms with E-state index in [1.165, 1.54) is 11.1 Å². The lowest BCUT2D eigenvalue weighted by Gasteiger charge is -2.21. The van der Waals surface area contributed by atoms with Crippen molar-refractivity contribution < 1.29 is 4.79 Å². The van der Waals surface area contributed by atoms with Crippen molar-refractivity contribution in [3.63, 3.8) is 0 Å². The number of nitrogens with one attached hydrogen (secondary N) is 1. The molecular weight excluding hydrogens is 536 g/mol. The van der Waals surface area contributed by atoms with E-state index in [4.69, 9.17) is 11.6 Å². The van der Waals surface area contributed by atoms with Gasteiger partial charge in [-0.3, -0.25) is 9.36 Å². The minimum absolute atomic E-state index is 0.153. The number of hydrogen-bond acceptors (Lipinski definition) is 4. The van der Waals surface area contributed by atoms with E-state index in [2.05, 4.69) is 46.7 Å². The van der Waals surface area contributed by atoms with Crippen LogP contribution in [0.15, 0.2) is 108 Å². The first-order chi connectivity index (χ1) is 19.5. The lowest BCUT2D eigenvalue weighted by Crippen LogP contribution is -2.32. The molecule has 0 spiro atoms. The fourth-order valence-electron chi connectivity index (χ4n) is 4.56. The molecule has 0 aliphatic carbocycles. The van der Waals surface area contributed by atoms with Gasteiger partial charge in [0.15, 0.2) is 11.0 Å². The van der Waals surface area contributed by atoms with Crippen LogP contribution in [0.4, 0.5) is 0 Å². The van der Waals surface area contributed by atoms with Crippen molar-refractivity contribution in [2.24, 2.45) is 0 Å². The lowest BCUT2D eigenvalue weighted by molar-refractivity contribution is 0.0934. The maximum atomic E-state index is 13.5. The largest absolute Gasteiger partial charge is 0.342 e. The number of rotatable bonds is 10. The maximum absolute atomic E-state index is 13.5. The second kappa shape index (κ2) is 13.0. The van der Waals surface area contributed by atoms with Crippen LogP contribution in [0.1, 0.15) is 51.4 Å². The van der Waals surface area contributed by atoms with E-state index in [1.54, 1.807) is 11.8 Å². The van der Waals surface area contributed by atoms with Crippen LogP contribution in [0.25, 0.3) is 5.69 Å². The minimum Gasteiger partial charge on any atom is -0.342 e. The molecule has 5 nitrogen and oxygen atoms in total. The summed E-state index contributed by atoms with van der Waals surface area (Å²) in [6.45, 7) is 4.14. The fraction of sp³-hybridized carbons (Fsp3) is 0.182. The van der Waals surface area contributed by atoms with Gasteiger partial charge in [-0.2, -0.15) is 0 Å². The van der Waals surface area contributed by atoms with Gasteiger partial charge in [0.05, 0.1) is 11.7 Å². The van der Waals surface area contributed by atoms with Gasteiger partial charge in [0.1, 0.15) is 0 Å². The van der Waals surface area contributed by atoms with E-state index in [9.17, 15) is 4.79 Å². The highest BCUT2D eigenvalue weighted by Crippen LogP contribution is 2.31. The minimum atomic E-state index is -0.433. The number of aromatic nitrogens is 3. The highest BCUT2D eigenvalue weighted by Gasteiger charge is 2.26. The molecule has 5 rings (SSSR count). The van der Waals surface area contributed by atoms with Gasteiger partial charge >= 0.3 is 0 Å². The molecule has 0 radical (unpaired) electrons. The summed E-state index contributed by atoms with van der Waals surface area (Å²) in [6, 6.07) is 33.5. The molecule has 4 aromatic carbocycles. The number of carbonyl (C=O) groups is 1. The monoisotopic (exact) mass is 566 g/mol. The summed E-state index contributed by atoms with van der Waals surface area (Å²) in [5.41, 5.74) is 6.00. The molecule has 0 saturated carbocycles. The van der Waals surface area contributed by atoms with Crippen molar-refractivity contribution in [2.45, 2.75) is 43.6 Å². The van der Waals surface area contributed by atoms with Gasteiger partial charge in [-0.25, -0.2) is 0 Å². The predicted octanol–water partition coefficient (Wildman–Crippen LogP) is 7.80. The first-order valence-electron chi connectivity index (χ1n) is 13.3. The highest BCUT2D eigenvalue weighted by molar-refractivity contribution is 7.98. The molecule has 0 fully saturated rings. The standard InChI is InChI=1S/C33H31ClN4OS/c1-3-24-15-17-27(18-16-24)32(39)35-29(20-25-10-6-4-7-11-25)31-36-37-33(40-22-26-12-8-5-9-13-26)38(31)30-21-28(34)19-14-23(30)2/h4-19,21,29H,3,20,22H2,1-2H3,(H,35,39). The average Bonchev–Trinajstić information content (AvgIpc) is 3.41. The van der Waals surface area contributed by atoms with E-state index in [-0.39, 0.29) is 5.91 Å². The summed E-state index contributed by atoms with van der Waals surface area (Å²) in [5, 5.41) is 13.9. The fourth-order valence-corrected chi connectivity index (χ4v) is 5.64. The third-order valence-corrected chi connectivity index (χ3v) is 8.04.